The fourth-order valence-corrected chi connectivity index (χ4v) is 4.00. The van der Waals surface area contributed by atoms with Crippen LogP contribution >= 0.6 is 0 Å². The number of aliphatic hydroxyl groups is 3. The first-order chi connectivity index (χ1) is 21.5. The van der Waals surface area contributed by atoms with Crippen LogP contribution in [0.4, 0.5) is 14.5 Å². The van der Waals surface area contributed by atoms with E-state index in [1.54, 1.807) is 0 Å². The summed E-state index contributed by atoms with van der Waals surface area (Å²) < 4.78 is 53.5. The van der Waals surface area contributed by atoms with Gasteiger partial charge in [0.15, 0.2) is 11.9 Å². The average molecular weight is 645 g/mol. The number of carboxylic acids is 1. The highest BCUT2D eigenvalue weighted by Crippen LogP contribution is 2.34. The number of amides is 1. The molecule has 18 heteroatoms. The first-order valence-electron chi connectivity index (χ1n) is 13.5. The fraction of sp³-hybridized carbons (Fsp3) is 0.593. The lowest BCUT2D eigenvalue weighted by Gasteiger charge is -2.38. The Morgan fingerprint density at radius 2 is 1.78 bits per heavy atom. The number of aliphatic hydroxyl groups excluding tert-OH is 3. The van der Waals surface area contributed by atoms with Crippen molar-refractivity contribution in [3.63, 3.8) is 0 Å². The molecule has 6 atom stereocenters. The molecule has 248 valence electrons. The van der Waals surface area contributed by atoms with E-state index in [0.29, 0.717) is 0 Å². The Labute approximate surface area is 255 Å². The molecule has 1 aliphatic heterocycles. The van der Waals surface area contributed by atoms with Crippen LogP contribution in [0, 0.1) is 18.3 Å². The van der Waals surface area contributed by atoms with Crippen LogP contribution in [0.2, 0.25) is 0 Å². The van der Waals surface area contributed by atoms with Crippen molar-refractivity contribution < 1.29 is 67.3 Å². The third-order valence-corrected chi connectivity index (χ3v) is 6.27. The molecule has 1 unspecified atom stereocenters. The molecule has 45 heavy (non-hydrogen) atoms. The molecule has 0 aliphatic carbocycles. The molecule has 0 spiro atoms. The molecule has 1 aliphatic rings. The third kappa shape index (κ3) is 12.2. The van der Waals surface area contributed by atoms with Crippen molar-refractivity contribution in [3.8, 4) is 18.1 Å². The number of nitrogens with zero attached hydrogens (tertiary/aromatic N) is 3. The predicted octanol–water partition coefficient (Wildman–Crippen LogP) is 1.14. The van der Waals surface area contributed by atoms with E-state index in [9.17, 15) is 43.6 Å². The predicted molar refractivity (Wildman–Crippen MR) is 148 cm³/mol. The van der Waals surface area contributed by atoms with Gasteiger partial charge in [0.25, 0.3) is 6.43 Å². The van der Waals surface area contributed by atoms with E-state index in [-0.39, 0.29) is 64.7 Å². The number of rotatable bonds is 20. The molecule has 1 amide bonds. The zero-order valence-electron chi connectivity index (χ0n) is 23.9. The molecule has 0 bridgehead atoms. The van der Waals surface area contributed by atoms with E-state index >= 15 is 0 Å². The van der Waals surface area contributed by atoms with Crippen LogP contribution in [0.3, 0.4) is 0 Å². The number of ketones is 1. The Morgan fingerprint density at radius 3 is 2.42 bits per heavy atom. The fourth-order valence-electron chi connectivity index (χ4n) is 4.00. The van der Waals surface area contributed by atoms with Gasteiger partial charge in [-0.1, -0.05) is 5.11 Å². The second-order valence-corrected chi connectivity index (χ2v) is 9.51. The molecule has 2 rings (SSSR count). The normalized spacial score (nSPS) is 21.8. The lowest BCUT2D eigenvalue weighted by molar-refractivity contribution is -0.271. The minimum atomic E-state index is -3.17. The number of terminal acetylenes is 1. The van der Waals surface area contributed by atoms with Crippen molar-refractivity contribution >= 4 is 23.3 Å². The van der Waals surface area contributed by atoms with Gasteiger partial charge in [0.05, 0.1) is 32.0 Å². The number of carboxylic acid groups (broad SMARTS) is 1. The minimum Gasteiger partial charge on any atom is -0.479 e. The van der Waals surface area contributed by atoms with Crippen LogP contribution in [0.5, 0.6) is 5.75 Å². The molecular weight excluding hydrogens is 610 g/mol. The smallest absolute Gasteiger partial charge is 0.335 e. The van der Waals surface area contributed by atoms with Gasteiger partial charge in [0.2, 0.25) is 12.2 Å². The van der Waals surface area contributed by atoms with Gasteiger partial charge in [-0.15, -0.1) is 12.3 Å². The number of ether oxygens (including phenoxy) is 5. The Hall–Kier alpha value is -3.92. The molecule has 0 aromatic heterocycles. The van der Waals surface area contributed by atoms with Gasteiger partial charge in [0, 0.05) is 29.4 Å². The van der Waals surface area contributed by atoms with Crippen molar-refractivity contribution in [1.82, 2.24) is 0 Å². The number of alkyl halides is 2. The molecule has 0 saturated carbocycles. The van der Waals surface area contributed by atoms with E-state index in [4.69, 9.17) is 35.6 Å². The maximum Gasteiger partial charge on any atom is 0.335 e. The van der Waals surface area contributed by atoms with Gasteiger partial charge in [-0.25, -0.2) is 13.6 Å². The first-order valence-corrected chi connectivity index (χ1v) is 13.5. The number of hydrogen-bond donors (Lipinski definition) is 5. The van der Waals surface area contributed by atoms with Crippen molar-refractivity contribution in [2.45, 2.75) is 56.4 Å². The first kappa shape index (κ1) is 37.3. The highest BCUT2D eigenvalue weighted by Gasteiger charge is 2.48. The summed E-state index contributed by atoms with van der Waals surface area (Å²) in [4.78, 5) is 39.3. The molecule has 5 N–H and O–H groups in total. The molecule has 1 heterocycles. The second-order valence-electron chi connectivity index (χ2n) is 9.51. The SMILES string of the molecule is C#CCCC(CC(=O)COCCOCCOCN=[N+]=[N-])C(=O)Nc1ccc(O[C@H]2O[C@@H](C(=O)O)[C@H](O)[C@@H](O)[C@@H]2O)c(C(F)F)c1. The minimum absolute atomic E-state index is 0.0769. The van der Waals surface area contributed by atoms with Gasteiger partial charge in [-0.3, -0.25) is 9.59 Å². The van der Waals surface area contributed by atoms with Crippen molar-refractivity contribution in [2.75, 3.05) is 45.1 Å². The average Bonchev–Trinajstić information content (AvgIpc) is 3.00. The summed E-state index contributed by atoms with van der Waals surface area (Å²) >= 11 is 0. The Balaban J connectivity index is 1.97. The maximum atomic E-state index is 13.9. The highest BCUT2D eigenvalue weighted by molar-refractivity contribution is 5.95. The maximum absolute atomic E-state index is 13.9. The standard InChI is InChI=1S/C27H34F2N4O12/c1-2-3-4-15(11-17(34)13-42-9-7-41-8-10-43-14-31-33-30)25(38)32-16-5-6-19(18(12-16)24(28)29)44-27-22(37)20(35)21(36)23(45-27)26(39)40/h1,5-6,12,15,20-24,27,35-37H,3-4,7-11,13-14H2,(H,32,38)(H,39,40)/t15?,20-,21-,22+,23-,27+/m1/s1. The second kappa shape index (κ2) is 19.5. The van der Waals surface area contributed by atoms with Crippen LogP contribution in [-0.4, -0.2) is 109 Å². The molecule has 1 aromatic rings. The number of anilines is 1. The lowest BCUT2D eigenvalue weighted by Crippen LogP contribution is -2.61. The number of halogens is 2. The van der Waals surface area contributed by atoms with Crippen LogP contribution in [-0.2, 0) is 33.3 Å². The molecule has 1 aromatic carbocycles. The largest absolute Gasteiger partial charge is 0.479 e. The Bertz CT molecular complexity index is 1230. The molecule has 1 fully saturated rings. The number of aliphatic carboxylic acids is 1. The van der Waals surface area contributed by atoms with E-state index in [2.05, 4.69) is 21.3 Å². The summed E-state index contributed by atoms with van der Waals surface area (Å²) in [7, 11) is 0. The summed E-state index contributed by atoms with van der Waals surface area (Å²) in [6.07, 6.45) is -7.79. The monoisotopic (exact) mass is 644 g/mol. The van der Waals surface area contributed by atoms with E-state index in [1.807, 2.05) is 0 Å². The molecule has 0 radical (unpaired) electrons. The van der Waals surface area contributed by atoms with Gasteiger partial charge < -0.3 is 49.4 Å². The number of Topliss-reactive ketones (excluding diaryl/α,β-unsaturated/α-hetero) is 1. The lowest BCUT2D eigenvalue weighted by atomic mass is 9.96. The molecule has 1 saturated heterocycles. The quantitative estimate of drug-likeness (QED) is 0.0442. The third-order valence-electron chi connectivity index (χ3n) is 6.27. The number of carbonyl (C=O) groups excluding carboxylic acids is 2. The number of azide groups is 1. The van der Waals surface area contributed by atoms with Gasteiger partial charge in [0.1, 0.15) is 37.4 Å². The Kier molecular flexibility index (Phi) is 16.1. The summed E-state index contributed by atoms with van der Waals surface area (Å²) in [5.74, 6) is -1.87. The van der Waals surface area contributed by atoms with E-state index in [0.717, 1.165) is 12.1 Å². The number of benzene rings is 1. The van der Waals surface area contributed by atoms with Crippen LogP contribution < -0.4 is 10.1 Å². The Morgan fingerprint density at radius 1 is 1.09 bits per heavy atom. The van der Waals surface area contributed by atoms with Crippen molar-refractivity contribution in [3.05, 3.63) is 34.2 Å². The highest BCUT2D eigenvalue weighted by atomic mass is 19.3. The van der Waals surface area contributed by atoms with Gasteiger partial charge in [-0.2, -0.15) is 0 Å². The van der Waals surface area contributed by atoms with E-state index < -0.39 is 72.0 Å². The van der Waals surface area contributed by atoms with Crippen LogP contribution in [0.15, 0.2) is 23.3 Å². The number of nitrogens with one attached hydrogen (secondary N) is 1. The summed E-state index contributed by atoms with van der Waals surface area (Å²) in [6, 6.07) is 3.06. The van der Waals surface area contributed by atoms with Crippen LogP contribution in [0.1, 0.15) is 31.3 Å². The molecule has 16 nitrogen and oxygen atoms in total. The van der Waals surface area contributed by atoms with Gasteiger partial charge >= 0.3 is 5.97 Å². The van der Waals surface area contributed by atoms with Crippen LogP contribution in [0.25, 0.3) is 10.4 Å². The summed E-state index contributed by atoms with van der Waals surface area (Å²) in [5, 5.41) is 44.7. The van der Waals surface area contributed by atoms with Gasteiger partial charge in [-0.05, 0) is 30.2 Å². The van der Waals surface area contributed by atoms with E-state index in [1.165, 1.54) is 6.07 Å². The molecular formula is C27H34F2N4O12. The van der Waals surface area contributed by atoms with Crippen molar-refractivity contribution in [2.24, 2.45) is 11.0 Å². The zero-order chi connectivity index (χ0) is 33.4. The topological polar surface area (TPSA) is 239 Å². The van der Waals surface area contributed by atoms with Crippen molar-refractivity contribution in [1.29, 1.82) is 0 Å². The number of carbonyl (C=O) groups is 3. The summed E-state index contributed by atoms with van der Waals surface area (Å²) in [5.41, 5.74) is 7.27. The summed E-state index contributed by atoms with van der Waals surface area (Å²) in [6.45, 7) is 0.192. The zero-order valence-corrected chi connectivity index (χ0v) is 23.9. The number of hydrogen-bond acceptors (Lipinski definition) is 12.